The van der Waals surface area contributed by atoms with Crippen LogP contribution in [0.3, 0.4) is 0 Å². The first kappa shape index (κ1) is 17.5. The first-order valence-electron chi connectivity index (χ1n) is 7.22. The molecule has 7 heteroatoms. The third kappa shape index (κ3) is 5.77. The molecule has 0 aliphatic heterocycles. The van der Waals surface area contributed by atoms with Gasteiger partial charge in [0.25, 0.3) is 0 Å². The Labute approximate surface area is 123 Å². The quantitative estimate of drug-likeness (QED) is 0.794. The van der Waals surface area contributed by atoms with E-state index < -0.39 is 12.0 Å². The third-order valence-corrected chi connectivity index (χ3v) is 3.18. The Morgan fingerprint density at radius 1 is 1.14 bits per heavy atom. The second-order valence-corrected chi connectivity index (χ2v) is 5.28. The standard InChI is InChI=1S/C14H23F3N4/c1-5-9(3)7-10(4)19-12-8-11(18-6-2)20-13(21-12)14(15,16)17/h8-10H,5-7H2,1-4H3,(H2,18,19,20,21). The number of hydrogen-bond acceptors (Lipinski definition) is 4. The summed E-state index contributed by atoms with van der Waals surface area (Å²) in [5, 5.41) is 5.82. The minimum atomic E-state index is -4.55. The first-order valence-corrected chi connectivity index (χ1v) is 7.22. The summed E-state index contributed by atoms with van der Waals surface area (Å²) >= 11 is 0. The maximum absolute atomic E-state index is 12.8. The van der Waals surface area contributed by atoms with Crippen molar-refractivity contribution in [2.75, 3.05) is 17.2 Å². The van der Waals surface area contributed by atoms with Gasteiger partial charge in [-0.2, -0.15) is 13.2 Å². The number of anilines is 2. The van der Waals surface area contributed by atoms with E-state index in [4.69, 9.17) is 0 Å². The van der Waals surface area contributed by atoms with Gasteiger partial charge in [0.1, 0.15) is 11.6 Å². The fraction of sp³-hybridized carbons (Fsp3) is 0.714. The Morgan fingerprint density at radius 3 is 2.29 bits per heavy atom. The number of aromatic nitrogens is 2. The zero-order valence-corrected chi connectivity index (χ0v) is 12.9. The number of rotatable bonds is 7. The molecular formula is C14H23F3N4. The van der Waals surface area contributed by atoms with Gasteiger partial charge in [-0.3, -0.25) is 0 Å². The number of nitrogens with zero attached hydrogens (tertiary/aromatic N) is 2. The van der Waals surface area contributed by atoms with E-state index in [0.29, 0.717) is 12.5 Å². The van der Waals surface area contributed by atoms with Crippen molar-refractivity contribution in [2.45, 2.75) is 52.8 Å². The summed E-state index contributed by atoms with van der Waals surface area (Å²) < 4.78 is 38.4. The van der Waals surface area contributed by atoms with Crippen molar-refractivity contribution >= 4 is 11.6 Å². The van der Waals surface area contributed by atoms with Crippen molar-refractivity contribution in [3.05, 3.63) is 11.9 Å². The van der Waals surface area contributed by atoms with Crippen LogP contribution < -0.4 is 10.6 Å². The number of alkyl halides is 3. The summed E-state index contributed by atoms with van der Waals surface area (Å²) in [4.78, 5) is 7.06. The number of nitrogens with one attached hydrogen (secondary N) is 2. The average molecular weight is 304 g/mol. The van der Waals surface area contributed by atoms with Gasteiger partial charge < -0.3 is 10.6 Å². The highest BCUT2D eigenvalue weighted by molar-refractivity contribution is 5.48. The van der Waals surface area contributed by atoms with E-state index in [9.17, 15) is 13.2 Å². The van der Waals surface area contributed by atoms with E-state index in [2.05, 4.69) is 34.4 Å². The number of halogens is 3. The van der Waals surface area contributed by atoms with Gasteiger partial charge in [-0.15, -0.1) is 0 Å². The van der Waals surface area contributed by atoms with Crippen LogP contribution in [0.1, 0.15) is 46.4 Å². The van der Waals surface area contributed by atoms with Gasteiger partial charge in [0.15, 0.2) is 0 Å². The Bertz CT molecular complexity index is 448. The van der Waals surface area contributed by atoms with Crippen LogP contribution in [-0.2, 0) is 6.18 Å². The van der Waals surface area contributed by atoms with Crippen molar-refractivity contribution in [2.24, 2.45) is 5.92 Å². The highest BCUT2D eigenvalue weighted by Gasteiger charge is 2.35. The predicted octanol–water partition coefficient (Wildman–Crippen LogP) is 4.16. The Balaban J connectivity index is 2.92. The summed E-state index contributed by atoms with van der Waals surface area (Å²) in [6.45, 7) is 8.44. The van der Waals surface area contributed by atoms with Crippen LogP contribution >= 0.6 is 0 Å². The van der Waals surface area contributed by atoms with Gasteiger partial charge in [0.05, 0.1) is 0 Å². The molecule has 21 heavy (non-hydrogen) atoms. The fourth-order valence-electron chi connectivity index (χ4n) is 2.00. The summed E-state index contributed by atoms with van der Waals surface area (Å²) in [6.07, 6.45) is -2.65. The molecule has 0 aliphatic rings. The van der Waals surface area contributed by atoms with Crippen LogP contribution in [0.5, 0.6) is 0 Å². The summed E-state index contributed by atoms with van der Waals surface area (Å²) in [5.74, 6) is -0.244. The lowest BCUT2D eigenvalue weighted by Crippen LogP contribution is -2.21. The van der Waals surface area contributed by atoms with Gasteiger partial charge >= 0.3 is 6.18 Å². The van der Waals surface area contributed by atoms with E-state index in [-0.39, 0.29) is 17.7 Å². The Kier molecular flexibility index (Phi) is 6.23. The highest BCUT2D eigenvalue weighted by Crippen LogP contribution is 2.28. The zero-order valence-electron chi connectivity index (χ0n) is 12.9. The molecule has 0 spiro atoms. The molecular weight excluding hydrogens is 281 g/mol. The van der Waals surface area contributed by atoms with Crippen LogP contribution in [0.25, 0.3) is 0 Å². The highest BCUT2D eigenvalue weighted by atomic mass is 19.4. The topological polar surface area (TPSA) is 49.8 Å². The van der Waals surface area contributed by atoms with Gasteiger partial charge in [-0.1, -0.05) is 20.3 Å². The van der Waals surface area contributed by atoms with Gasteiger partial charge in [0, 0.05) is 18.7 Å². The monoisotopic (exact) mass is 304 g/mol. The van der Waals surface area contributed by atoms with Crippen LogP contribution in [0.15, 0.2) is 6.07 Å². The third-order valence-electron chi connectivity index (χ3n) is 3.18. The average Bonchev–Trinajstić information content (AvgIpc) is 2.37. The van der Waals surface area contributed by atoms with E-state index in [0.717, 1.165) is 12.8 Å². The zero-order chi connectivity index (χ0) is 16.0. The van der Waals surface area contributed by atoms with E-state index in [1.165, 1.54) is 6.07 Å². The largest absolute Gasteiger partial charge is 0.451 e. The predicted molar refractivity (Wildman–Crippen MR) is 78.4 cm³/mol. The summed E-state index contributed by atoms with van der Waals surface area (Å²) in [5.41, 5.74) is 0. The summed E-state index contributed by atoms with van der Waals surface area (Å²) in [6, 6.07) is 1.55. The molecule has 1 rings (SSSR count). The lowest BCUT2D eigenvalue weighted by Gasteiger charge is -2.19. The van der Waals surface area contributed by atoms with Crippen LogP contribution in [-0.4, -0.2) is 22.6 Å². The summed E-state index contributed by atoms with van der Waals surface area (Å²) in [7, 11) is 0. The minimum Gasteiger partial charge on any atom is -0.370 e. The van der Waals surface area contributed by atoms with Crippen molar-refractivity contribution in [1.82, 2.24) is 9.97 Å². The van der Waals surface area contributed by atoms with E-state index in [1.807, 2.05) is 6.92 Å². The molecule has 120 valence electrons. The molecule has 0 bridgehead atoms. The lowest BCUT2D eigenvalue weighted by atomic mass is 10.0. The smallest absolute Gasteiger partial charge is 0.370 e. The Hall–Kier alpha value is -1.53. The molecule has 0 radical (unpaired) electrons. The van der Waals surface area contributed by atoms with Crippen molar-refractivity contribution < 1.29 is 13.2 Å². The van der Waals surface area contributed by atoms with Gasteiger partial charge in [-0.05, 0) is 26.2 Å². The van der Waals surface area contributed by atoms with Crippen LogP contribution in [0, 0.1) is 5.92 Å². The van der Waals surface area contributed by atoms with Crippen molar-refractivity contribution in [1.29, 1.82) is 0 Å². The lowest BCUT2D eigenvalue weighted by molar-refractivity contribution is -0.144. The molecule has 2 N–H and O–H groups in total. The molecule has 0 aliphatic carbocycles. The first-order chi connectivity index (χ1) is 9.76. The fourth-order valence-corrected chi connectivity index (χ4v) is 2.00. The van der Waals surface area contributed by atoms with Crippen LogP contribution in [0.4, 0.5) is 24.8 Å². The Morgan fingerprint density at radius 2 is 1.76 bits per heavy atom. The molecule has 4 nitrogen and oxygen atoms in total. The van der Waals surface area contributed by atoms with Crippen molar-refractivity contribution in [3.63, 3.8) is 0 Å². The van der Waals surface area contributed by atoms with Crippen LogP contribution in [0.2, 0.25) is 0 Å². The molecule has 1 heterocycles. The SMILES string of the molecule is CCNc1cc(NC(C)CC(C)CC)nc(C(F)(F)F)n1. The van der Waals surface area contributed by atoms with E-state index >= 15 is 0 Å². The maximum Gasteiger partial charge on any atom is 0.451 e. The second kappa shape index (κ2) is 7.47. The molecule has 0 amide bonds. The molecule has 0 fully saturated rings. The molecule has 1 aromatic heterocycles. The second-order valence-electron chi connectivity index (χ2n) is 5.28. The molecule has 0 saturated heterocycles. The molecule has 1 aromatic rings. The number of hydrogen-bond donors (Lipinski definition) is 2. The molecule has 0 aromatic carbocycles. The van der Waals surface area contributed by atoms with E-state index in [1.54, 1.807) is 6.92 Å². The van der Waals surface area contributed by atoms with Crippen molar-refractivity contribution in [3.8, 4) is 0 Å². The molecule has 2 atom stereocenters. The minimum absolute atomic E-state index is 0.0467. The van der Waals surface area contributed by atoms with Gasteiger partial charge in [0.2, 0.25) is 5.82 Å². The molecule has 2 unspecified atom stereocenters. The van der Waals surface area contributed by atoms with Gasteiger partial charge in [-0.25, -0.2) is 9.97 Å². The normalized spacial score (nSPS) is 14.6. The maximum atomic E-state index is 12.8. The molecule has 0 saturated carbocycles.